The molecule has 0 fully saturated rings. The largest absolute Gasteiger partial charge is 0.287 e. The van der Waals surface area contributed by atoms with Crippen molar-refractivity contribution in [3.63, 3.8) is 0 Å². The van der Waals surface area contributed by atoms with Crippen molar-refractivity contribution in [3.8, 4) is 0 Å². The molecule has 1 rings (SSSR count). The van der Waals surface area contributed by atoms with E-state index >= 15 is 0 Å². The average molecular weight is 155 g/mol. The van der Waals surface area contributed by atoms with Gasteiger partial charge < -0.3 is 0 Å². The zero-order chi connectivity index (χ0) is 8.43. The number of hydrazine groups is 1. The second kappa shape index (κ2) is 2.45. The van der Waals surface area contributed by atoms with Crippen LogP contribution < -0.4 is 5.43 Å². The first-order valence-electron chi connectivity index (χ1n) is 2.73. The molecule has 0 aliphatic carbocycles. The Hall–Kier alpha value is -1.79. The molecule has 1 heterocycles. The maximum Gasteiger partial charge on any atom is 0.287 e. The van der Waals surface area contributed by atoms with Gasteiger partial charge in [0.15, 0.2) is 10.9 Å². The zero-order valence-electron chi connectivity index (χ0n) is 5.66. The fraction of sp³-hybridized carbons (Fsp3) is 0.250. The van der Waals surface area contributed by atoms with E-state index in [9.17, 15) is 10.1 Å². The van der Waals surface area contributed by atoms with Crippen LogP contribution in [0.1, 0.15) is 6.92 Å². The number of amidine groups is 1. The van der Waals surface area contributed by atoms with Crippen LogP contribution in [0.5, 0.6) is 0 Å². The lowest BCUT2D eigenvalue weighted by molar-refractivity contribution is -0.525. The third kappa shape index (κ3) is 1.57. The van der Waals surface area contributed by atoms with Crippen LogP contribution >= 0.6 is 0 Å². The summed E-state index contributed by atoms with van der Waals surface area (Å²) in [6.45, 7) is 1.56. The maximum absolute atomic E-state index is 9.84. The fourth-order valence-electron chi connectivity index (χ4n) is 0.555. The summed E-state index contributed by atoms with van der Waals surface area (Å²) >= 11 is 0. The van der Waals surface area contributed by atoms with E-state index in [2.05, 4.69) is 9.98 Å². The monoisotopic (exact) mass is 155 g/mol. The molecule has 0 aromatic carbocycles. The van der Waals surface area contributed by atoms with Crippen LogP contribution in [0.25, 0.3) is 0 Å². The number of nitrogens with one attached hydrogen (secondary N) is 2. The van der Waals surface area contributed by atoms with Crippen LogP contribution in [0.15, 0.2) is 9.98 Å². The van der Waals surface area contributed by atoms with Gasteiger partial charge in [-0.1, -0.05) is 5.43 Å². The van der Waals surface area contributed by atoms with E-state index in [1.807, 2.05) is 0 Å². The van der Waals surface area contributed by atoms with Crippen LogP contribution in [0.4, 0.5) is 0 Å². The highest BCUT2D eigenvalue weighted by molar-refractivity contribution is 6.45. The van der Waals surface area contributed by atoms with Crippen molar-refractivity contribution in [3.05, 3.63) is 10.1 Å². The summed E-state index contributed by atoms with van der Waals surface area (Å²) in [5.41, 5.74) is 2.12. The van der Waals surface area contributed by atoms with E-state index in [1.54, 1.807) is 12.3 Å². The number of rotatable bonds is 1. The molecule has 2 N–H and O–H groups in total. The van der Waals surface area contributed by atoms with Crippen molar-refractivity contribution in [1.29, 1.82) is 5.41 Å². The molecule has 0 unspecified atom stereocenters. The van der Waals surface area contributed by atoms with E-state index in [4.69, 9.17) is 5.41 Å². The summed E-state index contributed by atoms with van der Waals surface area (Å²) in [6.07, 6.45) is 0. The topological polar surface area (TPSA) is 104 Å². The van der Waals surface area contributed by atoms with Gasteiger partial charge in [-0.25, -0.2) is 15.1 Å². The molecular formula is C4H5N5O2. The summed E-state index contributed by atoms with van der Waals surface area (Å²) in [6, 6.07) is 0. The van der Waals surface area contributed by atoms with Crippen molar-refractivity contribution in [2.45, 2.75) is 6.92 Å². The first-order chi connectivity index (χ1) is 5.09. The quantitative estimate of drug-likeness (QED) is 0.396. The van der Waals surface area contributed by atoms with E-state index in [0.717, 1.165) is 0 Å². The third-order valence-electron chi connectivity index (χ3n) is 1.03. The molecule has 7 nitrogen and oxygen atoms in total. The number of aliphatic imine (C=N–C) groups is 2. The minimum Gasteiger partial charge on any atom is -0.281 e. The van der Waals surface area contributed by atoms with Crippen LogP contribution in [-0.4, -0.2) is 22.5 Å². The minimum absolute atomic E-state index is 0.0469. The first kappa shape index (κ1) is 7.32. The summed E-state index contributed by atoms with van der Waals surface area (Å²) in [7, 11) is 0. The molecule has 0 spiro atoms. The molecule has 0 saturated heterocycles. The lowest BCUT2D eigenvalue weighted by atomic mass is 10.4. The average Bonchev–Trinajstić information content (AvgIpc) is 2.10. The number of hydrogen-bond acceptors (Lipinski definition) is 4. The van der Waals surface area contributed by atoms with Crippen molar-refractivity contribution in [2.75, 3.05) is 0 Å². The highest BCUT2D eigenvalue weighted by Gasteiger charge is 2.14. The standard InChI is InChI=1S/C4H5N5O2/c1-2-3(5)7-4(6-2)8-9(10)11/h1H3,(H2,5,7,8). The molecule has 0 saturated carbocycles. The highest BCUT2D eigenvalue weighted by Crippen LogP contribution is 1.94. The van der Waals surface area contributed by atoms with E-state index in [1.165, 1.54) is 0 Å². The van der Waals surface area contributed by atoms with Crippen molar-refractivity contribution < 1.29 is 5.03 Å². The molecule has 1 aliphatic rings. The Kier molecular flexibility index (Phi) is 1.63. The Bertz CT molecular complexity index is 278. The minimum atomic E-state index is -0.770. The lowest BCUT2D eigenvalue weighted by Crippen LogP contribution is -2.26. The molecule has 0 radical (unpaired) electrons. The van der Waals surface area contributed by atoms with E-state index < -0.39 is 5.03 Å². The van der Waals surface area contributed by atoms with Gasteiger partial charge >= 0.3 is 0 Å². The Morgan fingerprint density at radius 1 is 1.64 bits per heavy atom. The van der Waals surface area contributed by atoms with Gasteiger partial charge in [0.1, 0.15) is 0 Å². The Morgan fingerprint density at radius 3 is 2.64 bits per heavy atom. The van der Waals surface area contributed by atoms with Gasteiger partial charge in [-0.15, -0.1) is 0 Å². The molecule has 1 aliphatic heterocycles. The Balaban J connectivity index is 2.71. The van der Waals surface area contributed by atoms with Gasteiger partial charge in [0.05, 0.1) is 5.71 Å². The molecule has 7 heteroatoms. The van der Waals surface area contributed by atoms with Crippen LogP contribution in [-0.2, 0) is 0 Å². The smallest absolute Gasteiger partial charge is 0.281 e. The summed E-state index contributed by atoms with van der Waals surface area (Å²) in [4.78, 5) is 16.9. The molecule has 0 amide bonds. The van der Waals surface area contributed by atoms with Gasteiger partial charge in [0.2, 0.25) is 0 Å². The zero-order valence-corrected chi connectivity index (χ0v) is 5.66. The molecular weight excluding hydrogens is 150 g/mol. The number of nitrogens with zero attached hydrogens (tertiary/aromatic N) is 3. The summed E-state index contributed by atoms with van der Waals surface area (Å²) < 4.78 is 0. The van der Waals surface area contributed by atoms with Crippen molar-refractivity contribution >= 4 is 17.5 Å². The molecule has 0 atom stereocenters. The second-order valence-corrected chi connectivity index (χ2v) is 1.85. The summed E-state index contributed by atoms with van der Waals surface area (Å²) in [5, 5.41) is 16.1. The van der Waals surface area contributed by atoms with Crippen molar-refractivity contribution in [1.82, 2.24) is 5.43 Å². The first-order valence-corrected chi connectivity index (χ1v) is 2.73. The predicted octanol–water partition coefficient (Wildman–Crippen LogP) is -0.425. The molecule has 0 bridgehead atoms. The SMILES string of the molecule is CC1=NC(N[N+](=O)[O-])=NC1=N. The molecule has 58 valence electrons. The molecule has 0 aromatic rings. The number of hydrogen-bond donors (Lipinski definition) is 2. The predicted molar refractivity (Wildman–Crippen MR) is 38.4 cm³/mol. The number of guanidine groups is 1. The molecule has 11 heavy (non-hydrogen) atoms. The molecule has 0 aromatic heterocycles. The summed E-state index contributed by atoms with van der Waals surface area (Å²) in [5.74, 6) is -0.188. The van der Waals surface area contributed by atoms with Gasteiger partial charge in [-0.05, 0) is 6.92 Å². The lowest BCUT2D eigenvalue weighted by Gasteiger charge is -1.87. The van der Waals surface area contributed by atoms with Crippen LogP contribution in [0.2, 0.25) is 0 Å². The third-order valence-corrected chi connectivity index (χ3v) is 1.03. The van der Waals surface area contributed by atoms with E-state index in [0.29, 0.717) is 5.71 Å². The van der Waals surface area contributed by atoms with E-state index in [-0.39, 0.29) is 11.8 Å². The number of nitro groups is 1. The highest BCUT2D eigenvalue weighted by atomic mass is 16.7. The maximum atomic E-state index is 9.84. The van der Waals surface area contributed by atoms with Crippen LogP contribution in [0.3, 0.4) is 0 Å². The van der Waals surface area contributed by atoms with Gasteiger partial charge in [0.25, 0.3) is 5.96 Å². The Labute approximate surface area is 61.5 Å². The van der Waals surface area contributed by atoms with Crippen LogP contribution in [0, 0.1) is 15.5 Å². The fourth-order valence-corrected chi connectivity index (χ4v) is 0.555. The van der Waals surface area contributed by atoms with Gasteiger partial charge in [-0.3, -0.25) is 5.41 Å². The van der Waals surface area contributed by atoms with Gasteiger partial charge in [0, 0.05) is 0 Å². The van der Waals surface area contributed by atoms with Gasteiger partial charge in [-0.2, -0.15) is 4.99 Å². The normalized spacial score (nSPS) is 15.9. The second-order valence-electron chi connectivity index (χ2n) is 1.85. The van der Waals surface area contributed by atoms with Crippen molar-refractivity contribution in [2.24, 2.45) is 9.98 Å². The Morgan fingerprint density at radius 2 is 2.27 bits per heavy atom.